The Bertz CT molecular complexity index is 650. The van der Waals surface area contributed by atoms with Crippen molar-refractivity contribution in [2.24, 2.45) is 0 Å². The van der Waals surface area contributed by atoms with Crippen LogP contribution in [0.2, 0.25) is 0 Å². The van der Waals surface area contributed by atoms with Crippen LogP contribution in [0.15, 0.2) is 41.8 Å². The van der Waals surface area contributed by atoms with Crippen LogP contribution in [0.4, 0.5) is 5.69 Å². The van der Waals surface area contributed by atoms with Crippen molar-refractivity contribution in [3.8, 4) is 0 Å². The molecule has 2 N–H and O–H groups in total. The summed E-state index contributed by atoms with van der Waals surface area (Å²) in [4.78, 5) is 13.0. The number of carbonyl (C=O) groups excluding carboxylic acids is 1. The van der Waals surface area contributed by atoms with Crippen molar-refractivity contribution in [1.82, 2.24) is 0 Å². The molecule has 0 unspecified atom stereocenters. The van der Waals surface area contributed by atoms with Crippen LogP contribution < -0.4 is 5.73 Å². The van der Waals surface area contributed by atoms with Crippen molar-refractivity contribution >= 4 is 43.5 Å². The molecule has 0 amide bonds. The number of carbonyl (C=O) groups is 1. The normalized spacial score (nSPS) is 10.8. The molecular formula is C13H9NOS2. The Morgan fingerprint density at radius 2 is 1.82 bits per heavy atom. The van der Waals surface area contributed by atoms with E-state index in [0.717, 1.165) is 4.88 Å². The number of nitrogens with two attached hydrogens (primary N) is 1. The average molecular weight is 259 g/mol. The van der Waals surface area contributed by atoms with Gasteiger partial charge in [-0.2, -0.15) is 0 Å². The SMILES string of the molecule is Nc1ccc(C(=O)c2cc3sccc3s2)cc1. The summed E-state index contributed by atoms with van der Waals surface area (Å²) in [5.74, 6) is 0.0680. The van der Waals surface area contributed by atoms with E-state index in [1.54, 1.807) is 46.9 Å². The second kappa shape index (κ2) is 3.98. The predicted molar refractivity (Wildman–Crippen MR) is 74.0 cm³/mol. The van der Waals surface area contributed by atoms with Crippen LogP contribution in [0.5, 0.6) is 0 Å². The van der Waals surface area contributed by atoms with Gasteiger partial charge in [0.15, 0.2) is 0 Å². The van der Waals surface area contributed by atoms with E-state index in [4.69, 9.17) is 5.73 Å². The first-order valence-electron chi connectivity index (χ1n) is 5.11. The van der Waals surface area contributed by atoms with E-state index in [-0.39, 0.29) is 5.78 Å². The molecule has 0 atom stereocenters. The molecule has 17 heavy (non-hydrogen) atoms. The Labute approximate surface area is 106 Å². The third kappa shape index (κ3) is 1.85. The lowest BCUT2D eigenvalue weighted by Crippen LogP contribution is -1.98. The summed E-state index contributed by atoms with van der Waals surface area (Å²) in [6.45, 7) is 0. The van der Waals surface area contributed by atoms with Gasteiger partial charge in [-0.05, 0) is 41.8 Å². The van der Waals surface area contributed by atoms with E-state index in [0.29, 0.717) is 11.3 Å². The summed E-state index contributed by atoms with van der Waals surface area (Å²) < 4.78 is 2.35. The smallest absolute Gasteiger partial charge is 0.203 e. The summed E-state index contributed by atoms with van der Waals surface area (Å²) in [5, 5.41) is 2.04. The minimum atomic E-state index is 0.0680. The van der Waals surface area contributed by atoms with Gasteiger partial charge in [0.2, 0.25) is 5.78 Å². The maximum Gasteiger partial charge on any atom is 0.203 e. The van der Waals surface area contributed by atoms with Crippen molar-refractivity contribution in [3.63, 3.8) is 0 Å². The second-order valence-corrected chi connectivity index (χ2v) is 5.74. The molecule has 2 heterocycles. The Kier molecular flexibility index (Phi) is 2.46. The molecule has 0 aliphatic carbocycles. The van der Waals surface area contributed by atoms with Crippen LogP contribution in [-0.4, -0.2) is 5.78 Å². The van der Waals surface area contributed by atoms with Crippen LogP contribution >= 0.6 is 22.7 Å². The summed E-state index contributed by atoms with van der Waals surface area (Å²) in [6, 6.07) is 11.1. The fraction of sp³-hybridized carbons (Fsp3) is 0. The lowest BCUT2D eigenvalue weighted by molar-refractivity contribution is 0.104. The van der Waals surface area contributed by atoms with Crippen molar-refractivity contribution in [2.75, 3.05) is 5.73 Å². The maximum atomic E-state index is 12.2. The van der Waals surface area contributed by atoms with Crippen molar-refractivity contribution in [3.05, 3.63) is 52.2 Å². The average Bonchev–Trinajstić information content (AvgIpc) is 2.89. The summed E-state index contributed by atoms with van der Waals surface area (Å²) >= 11 is 3.20. The van der Waals surface area contributed by atoms with Crippen LogP contribution in [0.3, 0.4) is 0 Å². The molecule has 0 saturated carbocycles. The number of thiophene rings is 2. The highest BCUT2D eigenvalue weighted by molar-refractivity contribution is 7.28. The standard InChI is InChI=1S/C13H9NOS2/c14-9-3-1-8(2-4-9)13(15)12-7-11-10(17-12)5-6-16-11/h1-7H,14H2. The minimum absolute atomic E-state index is 0.0680. The molecule has 3 aromatic rings. The van der Waals surface area contributed by atoms with Crippen LogP contribution in [0.25, 0.3) is 9.40 Å². The number of hydrogen-bond donors (Lipinski definition) is 1. The van der Waals surface area contributed by atoms with Gasteiger partial charge in [-0.15, -0.1) is 22.7 Å². The number of hydrogen-bond acceptors (Lipinski definition) is 4. The summed E-state index contributed by atoms with van der Waals surface area (Å²) in [7, 11) is 0. The van der Waals surface area contributed by atoms with Crippen LogP contribution in [-0.2, 0) is 0 Å². The molecule has 0 bridgehead atoms. The van der Waals surface area contributed by atoms with Gasteiger partial charge in [0.1, 0.15) is 0 Å². The molecule has 2 nitrogen and oxygen atoms in total. The molecule has 0 fully saturated rings. The molecule has 2 aromatic heterocycles. The Balaban J connectivity index is 2.01. The Morgan fingerprint density at radius 3 is 2.53 bits per heavy atom. The Morgan fingerprint density at radius 1 is 1.06 bits per heavy atom. The zero-order valence-electron chi connectivity index (χ0n) is 8.84. The molecule has 4 heteroatoms. The van der Waals surface area contributed by atoms with Gasteiger partial charge >= 0.3 is 0 Å². The zero-order valence-corrected chi connectivity index (χ0v) is 10.5. The lowest BCUT2D eigenvalue weighted by Gasteiger charge is -1.98. The zero-order chi connectivity index (χ0) is 11.8. The van der Waals surface area contributed by atoms with Gasteiger partial charge in [0.25, 0.3) is 0 Å². The summed E-state index contributed by atoms with van der Waals surface area (Å²) in [5.41, 5.74) is 6.97. The fourth-order valence-electron chi connectivity index (χ4n) is 1.65. The van der Waals surface area contributed by atoms with Gasteiger partial charge in [-0.3, -0.25) is 4.79 Å². The van der Waals surface area contributed by atoms with Gasteiger partial charge in [0.05, 0.1) is 4.88 Å². The van der Waals surface area contributed by atoms with Crippen molar-refractivity contribution in [1.29, 1.82) is 0 Å². The number of benzene rings is 1. The Hall–Kier alpha value is -1.65. The third-order valence-corrected chi connectivity index (χ3v) is 4.63. The maximum absolute atomic E-state index is 12.2. The third-order valence-electron chi connectivity index (χ3n) is 2.54. The molecule has 3 rings (SSSR count). The molecule has 84 valence electrons. The topological polar surface area (TPSA) is 43.1 Å². The van der Waals surface area contributed by atoms with Gasteiger partial charge in [-0.1, -0.05) is 0 Å². The van der Waals surface area contributed by atoms with Gasteiger partial charge < -0.3 is 5.73 Å². The molecule has 0 spiro atoms. The first-order chi connectivity index (χ1) is 8.24. The highest BCUT2D eigenvalue weighted by Crippen LogP contribution is 2.31. The first kappa shape index (κ1) is 10.5. The molecule has 0 aliphatic heterocycles. The number of rotatable bonds is 2. The quantitative estimate of drug-likeness (QED) is 0.562. The predicted octanol–water partition coefficient (Wildman–Crippen LogP) is 3.78. The highest BCUT2D eigenvalue weighted by atomic mass is 32.1. The van der Waals surface area contributed by atoms with E-state index in [9.17, 15) is 4.79 Å². The van der Waals surface area contributed by atoms with Gasteiger partial charge in [0, 0.05) is 20.7 Å². The van der Waals surface area contributed by atoms with Crippen molar-refractivity contribution in [2.45, 2.75) is 0 Å². The van der Waals surface area contributed by atoms with E-state index in [1.165, 1.54) is 9.40 Å². The van der Waals surface area contributed by atoms with E-state index >= 15 is 0 Å². The molecule has 0 radical (unpaired) electrons. The lowest BCUT2D eigenvalue weighted by atomic mass is 10.1. The van der Waals surface area contributed by atoms with Crippen LogP contribution in [0, 0.1) is 0 Å². The largest absolute Gasteiger partial charge is 0.399 e. The number of fused-ring (bicyclic) bond motifs is 1. The van der Waals surface area contributed by atoms with E-state index in [2.05, 4.69) is 0 Å². The minimum Gasteiger partial charge on any atom is -0.399 e. The molecular weight excluding hydrogens is 250 g/mol. The number of anilines is 1. The van der Waals surface area contributed by atoms with Crippen molar-refractivity contribution < 1.29 is 4.79 Å². The molecule has 0 saturated heterocycles. The number of ketones is 1. The van der Waals surface area contributed by atoms with E-state index < -0.39 is 0 Å². The monoisotopic (exact) mass is 259 g/mol. The fourth-order valence-corrected chi connectivity index (χ4v) is 3.73. The van der Waals surface area contributed by atoms with Gasteiger partial charge in [-0.25, -0.2) is 0 Å². The van der Waals surface area contributed by atoms with Crippen LogP contribution in [0.1, 0.15) is 15.2 Å². The first-order valence-corrected chi connectivity index (χ1v) is 6.81. The summed E-state index contributed by atoms with van der Waals surface area (Å²) in [6.07, 6.45) is 0. The molecule has 0 aliphatic rings. The molecule has 1 aromatic carbocycles. The highest BCUT2D eigenvalue weighted by Gasteiger charge is 2.12. The number of nitrogen functional groups attached to an aromatic ring is 1. The second-order valence-electron chi connectivity index (χ2n) is 3.71. The van der Waals surface area contributed by atoms with E-state index in [1.807, 2.05) is 17.5 Å².